The van der Waals surface area contributed by atoms with Crippen molar-refractivity contribution in [2.75, 3.05) is 6.54 Å². The van der Waals surface area contributed by atoms with Gasteiger partial charge in [0.1, 0.15) is 5.82 Å². The van der Waals surface area contributed by atoms with Gasteiger partial charge in [0.05, 0.1) is 0 Å². The topological polar surface area (TPSA) is 12.0 Å². The highest BCUT2D eigenvalue weighted by Gasteiger charge is 2.14. The summed E-state index contributed by atoms with van der Waals surface area (Å²) in [5, 5.41) is 3.35. The molecular weight excluding hydrogens is 305 g/mol. The number of rotatable bonds is 5. The molecule has 0 aliphatic rings. The lowest BCUT2D eigenvalue weighted by molar-refractivity contribution is 0.510. The molecule has 0 aromatic heterocycles. The highest BCUT2D eigenvalue weighted by molar-refractivity contribution is 9.10. The molecule has 0 aliphatic heterocycles. The summed E-state index contributed by atoms with van der Waals surface area (Å²) in [6.07, 6.45) is 0.780. The molecule has 0 spiro atoms. The average Bonchev–Trinajstić information content (AvgIpc) is 2.41. The molecule has 0 saturated heterocycles. The van der Waals surface area contributed by atoms with Crippen LogP contribution in [0, 0.1) is 5.82 Å². The van der Waals surface area contributed by atoms with E-state index >= 15 is 0 Å². The zero-order valence-electron chi connectivity index (χ0n) is 10.9. The standard InChI is InChI=1S/C16H17BrFN/c1-2-19-16(14-5-3-4-6-15(14)18)11-12-7-9-13(17)10-8-12/h3-10,16,19H,2,11H2,1H3. The fourth-order valence-corrected chi connectivity index (χ4v) is 2.42. The Labute approximate surface area is 122 Å². The number of likely N-dealkylation sites (N-methyl/N-ethyl adjacent to an activating group) is 1. The molecule has 0 aliphatic carbocycles. The highest BCUT2D eigenvalue weighted by Crippen LogP contribution is 2.22. The minimum absolute atomic E-state index is 0.00683. The summed E-state index contributed by atoms with van der Waals surface area (Å²) in [5.41, 5.74) is 1.92. The Hall–Kier alpha value is -1.19. The van der Waals surface area contributed by atoms with Gasteiger partial charge in [0.15, 0.2) is 0 Å². The first-order valence-corrected chi connectivity index (χ1v) is 7.22. The molecule has 100 valence electrons. The fourth-order valence-electron chi connectivity index (χ4n) is 2.15. The molecule has 0 fully saturated rings. The van der Waals surface area contributed by atoms with Crippen molar-refractivity contribution in [2.45, 2.75) is 19.4 Å². The molecule has 0 amide bonds. The van der Waals surface area contributed by atoms with Gasteiger partial charge in [-0.25, -0.2) is 4.39 Å². The van der Waals surface area contributed by atoms with Crippen molar-refractivity contribution in [3.8, 4) is 0 Å². The molecular formula is C16H17BrFN. The second-order valence-corrected chi connectivity index (χ2v) is 5.38. The number of halogens is 2. The first-order chi connectivity index (χ1) is 9.20. The molecule has 0 bridgehead atoms. The van der Waals surface area contributed by atoms with E-state index in [1.807, 2.05) is 31.2 Å². The Morgan fingerprint density at radius 2 is 1.79 bits per heavy atom. The Morgan fingerprint density at radius 3 is 2.42 bits per heavy atom. The molecule has 3 heteroatoms. The van der Waals surface area contributed by atoms with Crippen molar-refractivity contribution >= 4 is 15.9 Å². The molecule has 1 N–H and O–H groups in total. The van der Waals surface area contributed by atoms with Crippen LogP contribution in [-0.4, -0.2) is 6.54 Å². The fraction of sp³-hybridized carbons (Fsp3) is 0.250. The lowest BCUT2D eigenvalue weighted by atomic mass is 9.98. The minimum Gasteiger partial charge on any atom is -0.310 e. The van der Waals surface area contributed by atoms with Gasteiger partial charge in [-0.05, 0) is 36.7 Å². The van der Waals surface area contributed by atoms with Gasteiger partial charge in [-0.15, -0.1) is 0 Å². The van der Waals surface area contributed by atoms with Crippen molar-refractivity contribution in [1.29, 1.82) is 0 Å². The van der Waals surface area contributed by atoms with Gasteiger partial charge in [-0.2, -0.15) is 0 Å². The second kappa shape index (κ2) is 6.83. The van der Waals surface area contributed by atoms with Crippen molar-refractivity contribution in [1.82, 2.24) is 5.32 Å². The van der Waals surface area contributed by atoms with E-state index < -0.39 is 0 Å². The molecule has 2 aromatic rings. The smallest absolute Gasteiger partial charge is 0.127 e. The van der Waals surface area contributed by atoms with Crippen LogP contribution in [-0.2, 0) is 6.42 Å². The van der Waals surface area contributed by atoms with Crippen LogP contribution in [0.1, 0.15) is 24.1 Å². The van der Waals surface area contributed by atoms with Crippen LogP contribution in [0.5, 0.6) is 0 Å². The van der Waals surface area contributed by atoms with Crippen molar-refractivity contribution in [2.24, 2.45) is 0 Å². The van der Waals surface area contributed by atoms with Crippen LogP contribution in [0.25, 0.3) is 0 Å². The van der Waals surface area contributed by atoms with Crippen LogP contribution in [0.3, 0.4) is 0 Å². The Kier molecular flexibility index (Phi) is 5.11. The van der Waals surface area contributed by atoms with Gasteiger partial charge >= 0.3 is 0 Å². The Balaban J connectivity index is 2.21. The third-order valence-corrected chi connectivity index (χ3v) is 3.61. The number of hydrogen-bond donors (Lipinski definition) is 1. The Morgan fingerprint density at radius 1 is 1.11 bits per heavy atom. The lowest BCUT2D eigenvalue weighted by Gasteiger charge is -2.19. The van der Waals surface area contributed by atoms with E-state index in [2.05, 4.69) is 33.4 Å². The predicted molar refractivity (Wildman–Crippen MR) is 80.7 cm³/mol. The molecule has 0 heterocycles. The minimum atomic E-state index is -0.148. The normalized spacial score (nSPS) is 12.4. The Bertz CT molecular complexity index is 525. The molecule has 0 radical (unpaired) electrons. The van der Waals surface area contributed by atoms with Gasteiger partial charge in [0.25, 0.3) is 0 Å². The van der Waals surface area contributed by atoms with E-state index in [1.165, 1.54) is 11.6 Å². The summed E-state index contributed by atoms with van der Waals surface area (Å²) >= 11 is 3.42. The van der Waals surface area contributed by atoms with Crippen LogP contribution in [0.4, 0.5) is 4.39 Å². The monoisotopic (exact) mass is 321 g/mol. The first-order valence-electron chi connectivity index (χ1n) is 6.43. The second-order valence-electron chi connectivity index (χ2n) is 4.46. The maximum Gasteiger partial charge on any atom is 0.127 e. The summed E-state index contributed by atoms with van der Waals surface area (Å²) in [6, 6.07) is 15.1. The van der Waals surface area contributed by atoms with Gasteiger partial charge in [0.2, 0.25) is 0 Å². The van der Waals surface area contributed by atoms with Crippen molar-refractivity contribution in [3.05, 3.63) is 69.9 Å². The third kappa shape index (κ3) is 3.88. The summed E-state index contributed by atoms with van der Waals surface area (Å²) in [5.74, 6) is -0.148. The SMILES string of the molecule is CCNC(Cc1ccc(Br)cc1)c1ccccc1F. The van der Waals surface area contributed by atoms with Gasteiger partial charge in [-0.3, -0.25) is 0 Å². The van der Waals surface area contributed by atoms with Crippen LogP contribution in [0.2, 0.25) is 0 Å². The quantitative estimate of drug-likeness (QED) is 0.856. The number of benzene rings is 2. The summed E-state index contributed by atoms with van der Waals surface area (Å²) in [7, 11) is 0. The third-order valence-electron chi connectivity index (χ3n) is 3.08. The number of hydrogen-bond acceptors (Lipinski definition) is 1. The van der Waals surface area contributed by atoms with Crippen molar-refractivity contribution < 1.29 is 4.39 Å². The van der Waals surface area contributed by atoms with Crippen LogP contribution < -0.4 is 5.32 Å². The molecule has 2 aromatic carbocycles. The van der Waals surface area contributed by atoms with E-state index in [4.69, 9.17) is 0 Å². The molecule has 1 unspecified atom stereocenters. The van der Waals surface area contributed by atoms with E-state index in [9.17, 15) is 4.39 Å². The molecule has 2 rings (SSSR count). The van der Waals surface area contributed by atoms with E-state index in [0.717, 1.165) is 23.0 Å². The molecule has 1 atom stereocenters. The first kappa shape index (κ1) is 14.2. The van der Waals surface area contributed by atoms with Crippen molar-refractivity contribution in [3.63, 3.8) is 0 Å². The zero-order chi connectivity index (χ0) is 13.7. The maximum atomic E-state index is 13.9. The number of nitrogens with one attached hydrogen (secondary N) is 1. The predicted octanol–water partition coefficient (Wildman–Crippen LogP) is 4.48. The van der Waals surface area contributed by atoms with Gasteiger partial charge in [0, 0.05) is 16.1 Å². The summed E-state index contributed by atoms with van der Waals surface area (Å²) < 4.78 is 14.9. The van der Waals surface area contributed by atoms with Gasteiger partial charge in [-0.1, -0.05) is 53.2 Å². The molecule has 1 nitrogen and oxygen atoms in total. The lowest BCUT2D eigenvalue weighted by Crippen LogP contribution is -2.23. The van der Waals surface area contributed by atoms with E-state index in [0.29, 0.717) is 0 Å². The van der Waals surface area contributed by atoms with E-state index in [1.54, 1.807) is 6.07 Å². The largest absolute Gasteiger partial charge is 0.310 e. The highest BCUT2D eigenvalue weighted by atomic mass is 79.9. The van der Waals surface area contributed by atoms with Crippen LogP contribution in [0.15, 0.2) is 53.0 Å². The molecule has 19 heavy (non-hydrogen) atoms. The van der Waals surface area contributed by atoms with Crippen LogP contribution >= 0.6 is 15.9 Å². The average molecular weight is 322 g/mol. The summed E-state index contributed by atoms with van der Waals surface area (Å²) in [6.45, 7) is 2.85. The molecule has 0 saturated carbocycles. The van der Waals surface area contributed by atoms with Gasteiger partial charge < -0.3 is 5.32 Å². The summed E-state index contributed by atoms with van der Waals surface area (Å²) in [4.78, 5) is 0. The zero-order valence-corrected chi connectivity index (χ0v) is 12.5. The van der Waals surface area contributed by atoms with E-state index in [-0.39, 0.29) is 11.9 Å². The maximum absolute atomic E-state index is 13.9.